The predicted octanol–water partition coefficient (Wildman–Crippen LogP) is 4.36. The quantitative estimate of drug-likeness (QED) is 0.740. The number of hydrogen-bond donors (Lipinski definition) is 1. The van der Waals surface area contributed by atoms with E-state index in [1.807, 2.05) is 24.3 Å². The Labute approximate surface area is 168 Å². The minimum atomic E-state index is 0.114. The number of hydrogen-bond acceptors (Lipinski definition) is 3. The summed E-state index contributed by atoms with van der Waals surface area (Å²) < 4.78 is 5.44. The van der Waals surface area contributed by atoms with E-state index in [2.05, 4.69) is 47.5 Å². The summed E-state index contributed by atoms with van der Waals surface area (Å²) in [6.07, 6.45) is 4.10. The highest BCUT2D eigenvalue weighted by molar-refractivity contribution is 5.77. The van der Waals surface area contributed by atoms with Crippen molar-refractivity contribution in [3.63, 3.8) is 0 Å². The van der Waals surface area contributed by atoms with Gasteiger partial charge in [0.15, 0.2) is 0 Å². The Bertz CT molecular complexity index is 747. The molecule has 0 spiro atoms. The molecule has 1 aliphatic rings. The van der Waals surface area contributed by atoms with E-state index in [9.17, 15) is 4.79 Å². The number of piperidine rings is 1. The fourth-order valence-corrected chi connectivity index (χ4v) is 4.08. The van der Waals surface area contributed by atoms with Gasteiger partial charge in [-0.3, -0.25) is 9.69 Å². The molecule has 0 saturated carbocycles. The summed E-state index contributed by atoms with van der Waals surface area (Å²) in [5.74, 6) is 1.09. The van der Waals surface area contributed by atoms with Gasteiger partial charge in [0.2, 0.25) is 5.91 Å². The van der Waals surface area contributed by atoms with Crippen molar-refractivity contribution < 1.29 is 9.53 Å². The zero-order valence-corrected chi connectivity index (χ0v) is 17.1. The largest absolute Gasteiger partial charge is 0.496 e. The first-order valence-corrected chi connectivity index (χ1v) is 10.3. The first-order chi connectivity index (χ1) is 13.7. The molecule has 1 fully saturated rings. The predicted molar refractivity (Wildman–Crippen MR) is 114 cm³/mol. The lowest BCUT2D eigenvalue weighted by Crippen LogP contribution is -2.46. The lowest BCUT2D eigenvalue weighted by Gasteiger charge is -2.36. The van der Waals surface area contributed by atoms with Gasteiger partial charge in [0.1, 0.15) is 5.75 Å². The topological polar surface area (TPSA) is 41.6 Å². The maximum absolute atomic E-state index is 12.6. The van der Waals surface area contributed by atoms with E-state index in [1.165, 1.54) is 18.4 Å². The van der Waals surface area contributed by atoms with Crippen LogP contribution in [0.15, 0.2) is 54.6 Å². The monoisotopic (exact) mass is 380 g/mol. The van der Waals surface area contributed by atoms with Gasteiger partial charge in [-0.2, -0.15) is 0 Å². The fourth-order valence-electron chi connectivity index (χ4n) is 4.08. The maximum Gasteiger partial charge on any atom is 0.220 e. The third-order valence-electron chi connectivity index (χ3n) is 5.67. The van der Waals surface area contributed by atoms with Crippen LogP contribution in [0.2, 0.25) is 0 Å². The van der Waals surface area contributed by atoms with Crippen molar-refractivity contribution in [1.29, 1.82) is 0 Å². The van der Waals surface area contributed by atoms with Gasteiger partial charge in [0, 0.05) is 25.6 Å². The Morgan fingerprint density at radius 3 is 2.68 bits per heavy atom. The fraction of sp³-hybridized carbons (Fsp3) is 0.458. The standard InChI is InChI=1S/C24H32N2O2/c1-19(22-13-6-7-14-23(22)28-2)16-24(27)25-17-21-12-8-9-15-26(21)18-20-10-4-3-5-11-20/h3-7,10-11,13-14,19,21H,8-9,12,15-18H2,1-2H3,(H,25,27). The summed E-state index contributed by atoms with van der Waals surface area (Å²) >= 11 is 0. The van der Waals surface area contributed by atoms with Crippen LogP contribution in [0.3, 0.4) is 0 Å². The molecule has 0 bridgehead atoms. The average Bonchev–Trinajstić information content (AvgIpc) is 2.73. The summed E-state index contributed by atoms with van der Waals surface area (Å²) in [6, 6.07) is 19.0. The molecule has 4 heteroatoms. The molecule has 150 valence electrons. The second kappa shape index (κ2) is 10.3. The number of likely N-dealkylation sites (tertiary alicyclic amines) is 1. The van der Waals surface area contributed by atoms with Gasteiger partial charge in [0.05, 0.1) is 7.11 Å². The number of carbonyl (C=O) groups is 1. The van der Waals surface area contributed by atoms with E-state index in [0.29, 0.717) is 12.5 Å². The van der Waals surface area contributed by atoms with Gasteiger partial charge in [0.25, 0.3) is 0 Å². The minimum Gasteiger partial charge on any atom is -0.496 e. The number of rotatable bonds is 8. The number of benzene rings is 2. The van der Waals surface area contributed by atoms with Crippen molar-refractivity contribution in [2.45, 2.75) is 51.1 Å². The molecule has 28 heavy (non-hydrogen) atoms. The number of carbonyl (C=O) groups excluding carboxylic acids is 1. The van der Waals surface area contributed by atoms with Crippen molar-refractivity contribution in [2.75, 3.05) is 20.2 Å². The number of para-hydroxylation sites is 1. The van der Waals surface area contributed by atoms with Crippen LogP contribution < -0.4 is 10.1 Å². The lowest BCUT2D eigenvalue weighted by molar-refractivity contribution is -0.121. The highest BCUT2D eigenvalue weighted by Crippen LogP contribution is 2.28. The highest BCUT2D eigenvalue weighted by Gasteiger charge is 2.23. The Morgan fingerprint density at radius 1 is 1.14 bits per heavy atom. The molecule has 0 aromatic heterocycles. The van der Waals surface area contributed by atoms with Gasteiger partial charge in [-0.15, -0.1) is 0 Å². The maximum atomic E-state index is 12.6. The number of nitrogens with zero attached hydrogens (tertiary/aromatic N) is 1. The molecule has 3 rings (SSSR count). The van der Waals surface area contributed by atoms with E-state index < -0.39 is 0 Å². The molecule has 1 aliphatic heterocycles. The van der Waals surface area contributed by atoms with Gasteiger partial charge in [-0.1, -0.05) is 61.9 Å². The van der Waals surface area contributed by atoms with Crippen molar-refractivity contribution in [2.24, 2.45) is 0 Å². The van der Waals surface area contributed by atoms with E-state index in [1.54, 1.807) is 7.11 Å². The first kappa shape index (κ1) is 20.4. The van der Waals surface area contributed by atoms with Gasteiger partial charge >= 0.3 is 0 Å². The summed E-state index contributed by atoms with van der Waals surface area (Å²) in [5, 5.41) is 3.18. The molecular weight excluding hydrogens is 348 g/mol. The molecule has 1 saturated heterocycles. The molecule has 1 N–H and O–H groups in total. The zero-order valence-electron chi connectivity index (χ0n) is 17.1. The van der Waals surface area contributed by atoms with Crippen LogP contribution in [0, 0.1) is 0 Å². The summed E-state index contributed by atoms with van der Waals surface area (Å²) in [6.45, 7) is 4.87. The molecule has 2 unspecified atom stereocenters. The van der Waals surface area contributed by atoms with E-state index in [4.69, 9.17) is 4.74 Å². The zero-order chi connectivity index (χ0) is 19.8. The molecule has 2 atom stereocenters. The number of ether oxygens (including phenoxy) is 1. The van der Waals surface area contributed by atoms with E-state index in [0.717, 1.165) is 37.4 Å². The van der Waals surface area contributed by atoms with Crippen LogP contribution in [-0.2, 0) is 11.3 Å². The van der Waals surface area contributed by atoms with Crippen LogP contribution in [0.1, 0.15) is 49.7 Å². The van der Waals surface area contributed by atoms with Gasteiger partial charge in [-0.05, 0) is 42.5 Å². The second-order valence-electron chi connectivity index (χ2n) is 7.76. The van der Waals surface area contributed by atoms with Gasteiger partial charge < -0.3 is 10.1 Å². The minimum absolute atomic E-state index is 0.114. The number of nitrogens with one attached hydrogen (secondary N) is 1. The Morgan fingerprint density at radius 2 is 1.89 bits per heavy atom. The molecule has 2 aromatic carbocycles. The Balaban J connectivity index is 1.52. The SMILES string of the molecule is COc1ccccc1C(C)CC(=O)NCC1CCCCN1Cc1ccccc1. The summed E-state index contributed by atoms with van der Waals surface area (Å²) in [4.78, 5) is 15.1. The van der Waals surface area contributed by atoms with Crippen LogP contribution in [0.25, 0.3) is 0 Å². The highest BCUT2D eigenvalue weighted by atomic mass is 16.5. The second-order valence-corrected chi connectivity index (χ2v) is 7.76. The molecule has 1 heterocycles. The van der Waals surface area contributed by atoms with Gasteiger partial charge in [-0.25, -0.2) is 0 Å². The molecule has 0 radical (unpaired) electrons. The number of amides is 1. The average molecular weight is 381 g/mol. The van der Waals surface area contributed by atoms with Crippen LogP contribution in [0.5, 0.6) is 5.75 Å². The van der Waals surface area contributed by atoms with Crippen LogP contribution >= 0.6 is 0 Å². The summed E-state index contributed by atoms with van der Waals surface area (Å²) in [5.41, 5.74) is 2.43. The van der Waals surface area contributed by atoms with Crippen molar-refractivity contribution in [3.05, 3.63) is 65.7 Å². The molecular formula is C24H32N2O2. The molecule has 2 aromatic rings. The normalized spacial score (nSPS) is 18.4. The molecule has 1 amide bonds. The van der Waals surface area contributed by atoms with E-state index >= 15 is 0 Å². The smallest absolute Gasteiger partial charge is 0.220 e. The summed E-state index contributed by atoms with van der Waals surface area (Å²) in [7, 11) is 1.68. The van der Waals surface area contributed by atoms with Crippen molar-refractivity contribution in [1.82, 2.24) is 10.2 Å². The van der Waals surface area contributed by atoms with Crippen LogP contribution in [0.4, 0.5) is 0 Å². The molecule has 0 aliphatic carbocycles. The molecule has 4 nitrogen and oxygen atoms in total. The van der Waals surface area contributed by atoms with Crippen LogP contribution in [-0.4, -0.2) is 37.0 Å². The third-order valence-corrected chi connectivity index (χ3v) is 5.67. The van der Waals surface area contributed by atoms with Crippen molar-refractivity contribution in [3.8, 4) is 5.75 Å². The van der Waals surface area contributed by atoms with E-state index in [-0.39, 0.29) is 11.8 Å². The first-order valence-electron chi connectivity index (χ1n) is 10.3. The Hall–Kier alpha value is -2.33. The Kier molecular flexibility index (Phi) is 7.49. The third kappa shape index (κ3) is 5.59. The van der Waals surface area contributed by atoms with Crippen molar-refractivity contribution >= 4 is 5.91 Å². The number of methoxy groups -OCH3 is 1. The lowest BCUT2D eigenvalue weighted by atomic mass is 9.96.